The van der Waals surface area contributed by atoms with E-state index in [9.17, 15) is 0 Å². The molecule has 0 heterocycles. The number of benzene rings is 1. The fourth-order valence-corrected chi connectivity index (χ4v) is 1.97. The molecule has 0 amide bonds. The fourth-order valence-electron chi connectivity index (χ4n) is 1.97. The molecule has 120 valence electrons. The van der Waals surface area contributed by atoms with Gasteiger partial charge in [-0.1, -0.05) is 6.92 Å². The van der Waals surface area contributed by atoms with Gasteiger partial charge >= 0.3 is 0 Å². The number of hydrogen-bond donors (Lipinski definition) is 1. The zero-order chi connectivity index (χ0) is 15.5. The third kappa shape index (κ3) is 6.33. The van der Waals surface area contributed by atoms with Gasteiger partial charge < -0.3 is 24.3 Å². The van der Waals surface area contributed by atoms with Gasteiger partial charge in [0.2, 0.25) is 0 Å². The van der Waals surface area contributed by atoms with Gasteiger partial charge in [-0.25, -0.2) is 0 Å². The summed E-state index contributed by atoms with van der Waals surface area (Å²) in [7, 11) is 4.98. The van der Waals surface area contributed by atoms with E-state index < -0.39 is 0 Å². The van der Waals surface area contributed by atoms with Crippen molar-refractivity contribution in [2.75, 3.05) is 47.7 Å². The number of methoxy groups -OCH3 is 3. The summed E-state index contributed by atoms with van der Waals surface area (Å²) in [5.74, 6) is 1.56. The summed E-state index contributed by atoms with van der Waals surface area (Å²) in [4.78, 5) is 0. The average Bonchev–Trinajstić information content (AvgIpc) is 2.53. The van der Waals surface area contributed by atoms with E-state index in [1.54, 1.807) is 21.3 Å². The van der Waals surface area contributed by atoms with Gasteiger partial charge in [0.1, 0.15) is 11.5 Å². The molecule has 5 nitrogen and oxygen atoms in total. The molecule has 0 saturated heterocycles. The van der Waals surface area contributed by atoms with Crippen molar-refractivity contribution in [3.8, 4) is 11.5 Å². The number of nitrogens with one attached hydrogen (secondary N) is 1. The van der Waals surface area contributed by atoms with Crippen LogP contribution in [0.4, 0.5) is 0 Å². The van der Waals surface area contributed by atoms with Crippen LogP contribution in [0, 0.1) is 0 Å². The van der Waals surface area contributed by atoms with Crippen LogP contribution >= 0.6 is 0 Å². The first kappa shape index (κ1) is 17.8. The molecule has 1 atom stereocenters. The van der Waals surface area contributed by atoms with Gasteiger partial charge in [0.05, 0.1) is 40.1 Å². The molecule has 0 bridgehead atoms. The van der Waals surface area contributed by atoms with Crippen molar-refractivity contribution in [2.45, 2.75) is 19.4 Å². The maximum Gasteiger partial charge on any atom is 0.122 e. The van der Waals surface area contributed by atoms with E-state index in [0.29, 0.717) is 19.8 Å². The molecule has 1 aromatic rings. The van der Waals surface area contributed by atoms with Crippen LogP contribution in [0.5, 0.6) is 11.5 Å². The molecule has 1 N–H and O–H groups in total. The Morgan fingerprint density at radius 1 is 1.00 bits per heavy atom. The zero-order valence-corrected chi connectivity index (χ0v) is 13.5. The Morgan fingerprint density at radius 3 is 2.19 bits per heavy atom. The predicted octanol–water partition coefficient (Wildman–Crippen LogP) is 2.41. The predicted molar refractivity (Wildman–Crippen MR) is 83.3 cm³/mol. The van der Waals surface area contributed by atoms with Gasteiger partial charge in [-0.3, -0.25) is 0 Å². The molecule has 21 heavy (non-hydrogen) atoms. The van der Waals surface area contributed by atoms with E-state index in [1.165, 1.54) is 0 Å². The van der Waals surface area contributed by atoms with Crippen LogP contribution < -0.4 is 14.8 Å². The van der Waals surface area contributed by atoms with Crippen molar-refractivity contribution in [3.05, 3.63) is 23.8 Å². The zero-order valence-electron chi connectivity index (χ0n) is 13.5. The molecule has 0 aliphatic heterocycles. The molecule has 0 fully saturated rings. The first-order valence-electron chi connectivity index (χ1n) is 7.28. The van der Waals surface area contributed by atoms with Gasteiger partial charge in [0.25, 0.3) is 0 Å². The van der Waals surface area contributed by atoms with Crippen LogP contribution in [0.25, 0.3) is 0 Å². The molecule has 5 heteroatoms. The van der Waals surface area contributed by atoms with Crippen molar-refractivity contribution >= 4 is 0 Å². The molecule has 0 aliphatic rings. The minimum absolute atomic E-state index is 0.103. The van der Waals surface area contributed by atoms with Crippen molar-refractivity contribution in [2.24, 2.45) is 0 Å². The molecule has 0 radical (unpaired) electrons. The fraction of sp³-hybridized carbons (Fsp3) is 0.625. The second-order valence-electron chi connectivity index (χ2n) is 4.72. The van der Waals surface area contributed by atoms with Gasteiger partial charge in [-0.05, 0) is 30.7 Å². The van der Waals surface area contributed by atoms with Gasteiger partial charge in [-0.15, -0.1) is 0 Å². The Labute approximate surface area is 127 Å². The summed E-state index contributed by atoms with van der Waals surface area (Å²) in [6.45, 7) is 4.84. The highest BCUT2D eigenvalue weighted by molar-refractivity contribution is 5.39. The lowest BCUT2D eigenvalue weighted by Gasteiger charge is -2.20. The highest BCUT2D eigenvalue weighted by Gasteiger charge is 2.13. The molecule has 1 unspecified atom stereocenters. The summed E-state index contributed by atoms with van der Waals surface area (Å²) < 4.78 is 21.3. The molecule has 0 aliphatic carbocycles. The normalized spacial score (nSPS) is 12.2. The Balaban J connectivity index is 2.79. The highest BCUT2D eigenvalue weighted by atomic mass is 16.5. The smallest absolute Gasteiger partial charge is 0.122 e. The minimum Gasteiger partial charge on any atom is -0.497 e. The first-order valence-corrected chi connectivity index (χ1v) is 7.28. The quantitative estimate of drug-likeness (QED) is 0.636. The minimum atomic E-state index is 0.103. The summed E-state index contributed by atoms with van der Waals surface area (Å²) in [5, 5.41) is 3.49. The second kappa shape index (κ2) is 10.4. The largest absolute Gasteiger partial charge is 0.497 e. The average molecular weight is 297 g/mol. The van der Waals surface area contributed by atoms with E-state index in [4.69, 9.17) is 18.9 Å². The van der Waals surface area contributed by atoms with Crippen LogP contribution in [-0.4, -0.2) is 47.7 Å². The molecule has 0 spiro atoms. The molecule has 1 rings (SSSR count). The molecule has 1 aromatic carbocycles. The maximum absolute atomic E-state index is 5.67. The van der Waals surface area contributed by atoms with Crippen LogP contribution in [0.15, 0.2) is 18.2 Å². The number of ether oxygens (including phenoxy) is 4. The standard InChI is InChI=1S/C16H27NO4/c1-5-6-17-16(12-21-8-7-18-2)13-9-14(19-3)11-15(10-13)20-4/h9-11,16-17H,5-8,12H2,1-4H3. The Bertz CT molecular complexity index is 376. The number of rotatable bonds is 11. The van der Waals surface area contributed by atoms with Crippen molar-refractivity contribution in [1.29, 1.82) is 0 Å². The molecule has 0 aromatic heterocycles. The Hall–Kier alpha value is -1.30. The van der Waals surface area contributed by atoms with E-state index in [1.807, 2.05) is 18.2 Å². The lowest BCUT2D eigenvalue weighted by atomic mass is 10.1. The van der Waals surface area contributed by atoms with Crippen molar-refractivity contribution in [1.82, 2.24) is 5.32 Å². The topological polar surface area (TPSA) is 49.0 Å². The monoisotopic (exact) mass is 297 g/mol. The third-order valence-corrected chi connectivity index (χ3v) is 3.13. The summed E-state index contributed by atoms with van der Waals surface area (Å²) in [6, 6.07) is 5.99. The third-order valence-electron chi connectivity index (χ3n) is 3.13. The molecule has 0 saturated carbocycles. The number of hydrogen-bond acceptors (Lipinski definition) is 5. The van der Waals surface area contributed by atoms with Crippen LogP contribution in [-0.2, 0) is 9.47 Å². The van der Waals surface area contributed by atoms with Gasteiger partial charge in [0.15, 0.2) is 0 Å². The highest BCUT2D eigenvalue weighted by Crippen LogP contribution is 2.26. The van der Waals surface area contributed by atoms with E-state index in [0.717, 1.165) is 30.0 Å². The van der Waals surface area contributed by atoms with E-state index >= 15 is 0 Å². The van der Waals surface area contributed by atoms with Crippen LogP contribution in [0.2, 0.25) is 0 Å². The molecular weight excluding hydrogens is 270 g/mol. The lowest BCUT2D eigenvalue weighted by molar-refractivity contribution is 0.0585. The summed E-state index contributed by atoms with van der Waals surface area (Å²) in [6.07, 6.45) is 1.07. The van der Waals surface area contributed by atoms with E-state index in [-0.39, 0.29) is 6.04 Å². The SMILES string of the molecule is CCCNC(COCCOC)c1cc(OC)cc(OC)c1. The summed E-state index contributed by atoms with van der Waals surface area (Å²) in [5.41, 5.74) is 1.09. The van der Waals surface area contributed by atoms with Gasteiger partial charge in [-0.2, -0.15) is 0 Å². The Morgan fingerprint density at radius 2 is 1.67 bits per heavy atom. The van der Waals surface area contributed by atoms with Gasteiger partial charge in [0, 0.05) is 13.2 Å². The first-order chi connectivity index (χ1) is 10.2. The van der Waals surface area contributed by atoms with Crippen molar-refractivity contribution < 1.29 is 18.9 Å². The lowest BCUT2D eigenvalue weighted by Crippen LogP contribution is -2.27. The Kier molecular flexibility index (Phi) is 8.82. The van der Waals surface area contributed by atoms with Crippen LogP contribution in [0.1, 0.15) is 24.9 Å². The molecular formula is C16H27NO4. The van der Waals surface area contributed by atoms with E-state index in [2.05, 4.69) is 12.2 Å². The van der Waals surface area contributed by atoms with Crippen LogP contribution in [0.3, 0.4) is 0 Å². The van der Waals surface area contributed by atoms with Crippen molar-refractivity contribution in [3.63, 3.8) is 0 Å². The summed E-state index contributed by atoms with van der Waals surface area (Å²) >= 11 is 0. The maximum atomic E-state index is 5.67. The second-order valence-corrected chi connectivity index (χ2v) is 4.72.